The molecule has 1 N–H and O–H groups in total. The van der Waals surface area contributed by atoms with Crippen LogP contribution in [0.15, 0.2) is 0 Å². The zero-order chi connectivity index (χ0) is 13.1. The van der Waals surface area contributed by atoms with Gasteiger partial charge in [-0.3, -0.25) is 4.90 Å². The third-order valence-corrected chi connectivity index (χ3v) is 4.75. The van der Waals surface area contributed by atoms with Gasteiger partial charge in [0.1, 0.15) is 0 Å². The number of nitrogens with one attached hydrogen (secondary N) is 1. The van der Waals surface area contributed by atoms with Gasteiger partial charge in [-0.05, 0) is 59.4 Å². The minimum atomic E-state index is 0.277. The first-order valence-electron chi connectivity index (χ1n) is 7.38. The lowest BCUT2D eigenvalue weighted by Crippen LogP contribution is -2.53. The van der Waals surface area contributed by atoms with Gasteiger partial charge in [-0.25, -0.2) is 0 Å². The van der Waals surface area contributed by atoms with Crippen molar-refractivity contribution in [1.29, 1.82) is 0 Å². The maximum absolute atomic E-state index is 3.70. The standard InChI is InChI=1S/C15H32N2/c1-7-15(5,6)16-11-13(3)17-10-8-9-12(2)14(17)4/h12-14,16H,7-11H2,1-6H3. The summed E-state index contributed by atoms with van der Waals surface area (Å²) in [5.74, 6) is 0.852. The molecule has 17 heavy (non-hydrogen) atoms. The summed E-state index contributed by atoms with van der Waals surface area (Å²) >= 11 is 0. The van der Waals surface area contributed by atoms with Gasteiger partial charge in [-0.15, -0.1) is 0 Å². The molecule has 0 aromatic rings. The summed E-state index contributed by atoms with van der Waals surface area (Å²) in [5.41, 5.74) is 0.277. The van der Waals surface area contributed by atoms with Gasteiger partial charge < -0.3 is 5.32 Å². The minimum absolute atomic E-state index is 0.277. The number of hydrogen-bond acceptors (Lipinski definition) is 2. The summed E-state index contributed by atoms with van der Waals surface area (Å²) in [6.07, 6.45) is 3.96. The van der Waals surface area contributed by atoms with Gasteiger partial charge >= 0.3 is 0 Å². The van der Waals surface area contributed by atoms with Crippen molar-refractivity contribution in [1.82, 2.24) is 10.2 Å². The summed E-state index contributed by atoms with van der Waals surface area (Å²) in [5, 5.41) is 3.70. The highest BCUT2D eigenvalue weighted by molar-refractivity contribution is 4.85. The second-order valence-corrected chi connectivity index (χ2v) is 6.57. The largest absolute Gasteiger partial charge is 0.310 e. The van der Waals surface area contributed by atoms with E-state index in [1.54, 1.807) is 0 Å². The first-order valence-corrected chi connectivity index (χ1v) is 7.38. The van der Waals surface area contributed by atoms with E-state index < -0.39 is 0 Å². The highest BCUT2D eigenvalue weighted by Crippen LogP contribution is 2.24. The monoisotopic (exact) mass is 240 g/mol. The third kappa shape index (κ3) is 4.26. The lowest BCUT2D eigenvalue weighted by atomic mass is 9.90. The predicted molar refractivity (Wildman–Crippen MR) is 76.4 cm³/mol. The Kier molecular flexibility index (Phi) is 5.46. The number of nitrogens with zero attached hydrogens (tertiary/aromatic N) is 1. The zero-order valence-electron chi connectivity index (χ0n) is 12.7. The number of rotatable bonds is 5. The lowest BCUT2D eigenvalue weighted by Gasteiger charge is -2.42. The Morgan fingerprint density at radius 1 is 1.35 bits per heavy atom. The van der Waals surface area contributed by atoms with Crippen LogP contribution in [0.25, 0.3) is 0 Å². The van der Waals surface area contributed by atoms with Gasteiger partial charge in [0.25, 0.3) is 0 Å². The van der Waals surface area contributed by atoms with Crippen molar-refractivity contribution in [2.24, 2.45) is 5.92 Å². The molecule has 3 unspecified atom stereocenters. The Bertz CT molecular complexity index is 225. The number of hydrogen-bond donors (Lipinski definition) is 1. The molecule has 1 saturated heterocycles. The summed E-state index contributed by atoms with van der Waals surface area (Å²) in [7, 11) is 0. The molecule has 1 rings (SSSR count). The van der Waals surface area contributed by atoms with Crippen LogP contribution in [0.1, 0.15) is 60.8 Å². The first kappa shape index (κ1) is 15.0. The van der Waals surface area contributed by atoms with Crippen molar-refractivity contribution in [2.75, 3.05) is 13.1 Å². The number of piperidine rings is 1. The summed E-state index contributed by atoms with van der Waals surface area (Å²) in [6.45, 7) is 16.4. The lowest BCUT2D eigenvalue weighted by molar-refractivity contribution is 0.0717. The van der Waals surface area contributed by atoms with Crippen molar-refractivity contribution < 1.29 is 0 Å². The van der Waals surface area contributed by atoms with Gasteiger partial charge in [0, 0.05) is 24.2 Å². The second kappa shape index (κ2) is 6.19. The van der Waals surface area contributed by atoms with Gasteiger partial charge in [0.2, 0.25) is 0 Å². The molecule has 0 saturated carbocycles. The molecule has 1 fully saturated rings. The van der Waals surface area contributed by atoms with Crippen molar-refractivity contribution in [3.8, 4) is 0 Å². The van der Waals surface area contributed by atoms with E-state index >= 15 is 0 Å². The topological polar surface area (TPSA) is 15.3 Å². The average molecular weight is 240 g/mol. The van der Waals surface area contributed by atoms with Gasteiger partial charge in [-0.2, -0.15) is 0 Å². The maximum atomic E-state index is 3.70. The van der Waals surface area contributed by atoms with E-state index in [2.05, 4.69) is 51.8 Å². The van der Waals surface area contributed by atoms with Crippen LogP contribution in [0.2, 0.25) is 0 Å². The van der Waals surface area contributed by atoms with Crippen LogP contribution in [-0.2, 0) is 0 Å². The normalized spacial score (nSPS) is 29.3. The Morgan fingerprint density at radius 2 is 2.00 bits per heavy atom. The van der Waals surface area contributed by atoms with Crippen LogP contribution >= 0.6 is 0 Å². The van der Waals surface area contributed by atoms with E-state index in [0.717, 1.165) is 18.5 Å². The van der Waals surface area contributed by atoms with E-state index in [-0.39, 0.29) is 5.54 Å². The average Bonchev–Trinajstić information content (AvgIpc) is 2.30. The summed E-state index contributed by atoms with van der Waals surface area (Å²) in [6, 6.07) is 1.39. The molecule has 2 nitrogen and oxygen atoms in total. The molecule has 1 heterocycles. The van der Waals surface area contributed by atoms with Crippen LogP contribution in [0.5, 0.6) is 0 Å². The van der Waals surface area contributed by atoms with E-state index in [0.29, 0.717) is 6.04 Å². The van der Waals surface area contributed by atoms with E-state index in [1.807, 2.05) is 0 Å². The molecule has 0 aliphatic carbocycles. The molecule has 0 aromatic carbocycles. The van der Waals surface area contributed by atoms with E-state index in [4.69, 9.17) is 0 Å². The predicted octanol–water partition coefficient (Wildman–Crippen LogP) is 3.27. The third-order valence-electron chi connectivity index (χ3n) is 4.75. The Balaban J connectivity index is 2.44. The van der Waals surface area contributed by atoms with Crippen LogP contribution in [0, 0.1) is 5.92 Å². The smallest absolute Gasteiger partial charge is 0.0195 e. The molecule has 3 atom stereocenters. The van der Waals surface area contributed by atoms with Crippen LogP contribution in [0.3, 0.4) is 0 Å². The fourth-order valence-electron chi connectivity index (χ4n) is 2.66. The quantitative estimate of drug-likeness (QED) is 0.793. The summed E-state index contributed by atoms with van der Waals surface area (Å²) in [4.78, 5) is 2.69. The Labute approximate surface area is 108 Å². The Hall–Kier alpha value is -0.0800. The minimum Gasteiger partial charge on any atom is -0.310 e. The highest BCUT2D eigenvalue weighted by Gasteiger charge is 2.28. The van der Waals surface area contributed by atoms with Crippen molar-refractivity contribution in [3.63, 3.8) is 0 Å². The van der Waals surface area contributed by atoms with Crippen LogP contribution in [0.4, 0.5) is 0 Å². The van der Waals surface area contributed by atoms with Crippen molar-refractivity contribution >= 4 is 0 Å². The molecule has 2 heteroatoms. The van der Waals surface area contributed by atoms with Gasteiger partial charge in [-0.1, -0.05) is 13.8 Å². The molecule has 1 aliphatic heterocycles. The molecule has 0 bridgehead atoms. The second-order valence-electron chi connectivity index (χ2n) is 6.57. The molecule has 0 radical (unpaired) electrons. The highest BCUT2D eigenvalue weighted by atomic mass is 15.2. The van der Waals surface area contributed by atoms with Crippen LogP contribution in [-0.4, -0.2) is 35.6 Å². The fourth-order valence-corrected chi connectivity index (χ4v) is 2.66. The number of likely N-dealkylation sites (tertiary alicyclic amines) is 1. The van der Waals surface area contributed by atoms with Crippen molar-refractivity contribution in [3.05, 3.63) is 0 Å². The van der Waals surface area contributed by atoms with Crippen LogP contribution < -0.4 is 5.32 Å². The van der Waals surface area contributed by atoms with E-state index in [9.17, 15) is 0 Å². The summed E-state index contributed by atoms with van der Waals surface area (Å²) < 4.78 is 0. The zero-order valence-corrected chi connectivity index (χ0v) is 12.7. The molecule has 0 spiro atoms. The fraction of sp³-hybridized carbons (Fsp3) is 1.00. The maximum Gasteiger partial charge on any atom is 0.0195 e. The Morgan fingerprint density at radius 3 is 2.59 bits per heavy atom. The van der Waals surface area contributed by atoms with Gasteiger partial charge in [0.05, 0.1) is 0 Å². The van der Waals surface area contributed by atoms with E-state index in [1.165, 1.54) is 25.8 Å². The SMILES string of the molecule is CCC(C)(C)NCC(C)N1CCCC(C)C1C. The molecule has 1 aliphatic rings. The first-order chi connectivity index (χ1) is 7.87. The van der Waals surface area contributed by atoms with Crippen molar-refractivity contribution in [2.45, 2.75) is 78.4 Å². The van der Waals surface area contributed by atoms with Gasteiger partial charge in [0.15, 0.2) is 0 Å². The molecular weight excluding hydrogens is 208 g/mol. The molecule has 0 amide bonds. The molecule has 102 valence electrons. The molecule has 0 aromatic heterocycles. The molecular formula is C15H32N2.